The van der Waals surface area contributed by atoms with E-state index in [-0.39, 0.29) is 6.10 Å². The van der Waals surface area contributed by atoms with Crippen LogP contribution in [0.5, 0.6) is 0 Å². The highest BCUT2D eigenvalue weighted by Gasteiger charge is 2.24. The van der Waals surface area contributed by atoms with E-state index in [1.165, 1.54) is 11.1 Å². The van der Waals surface area contributed by atoms with Crippen LogP contribution in [0.15, 0.2) is 51.4 Å². The molecule has 0 bridgehead atoms. The van der Waals surface area contributed by atoms with Crippen molar-refractivity contribution in [1.29, 1.82) is 0 Å². The molecule has 2 atom stereocenters. The summed E-state index contributed by atoms with van der Waals surface area (Å²) in [6.45, 7) is 0.716. The second-order valence-electron chi connectivity index (χ2n) is 5.23. The lowest BCUT2D eigenvalue weighted by Gasteiger charge is -2.28. The summed E-state index contributed by atoms with van der Waals surface area (Å²) in [7, 11) is 0. The Labute approximate surface area is 141 Å². The van der Waals surface area contributed by atoms with Gasteiger partial charge in [0.05, 0.1) is 18.8 Å². The van der Waals surface area contributed by atoms with Gasteiger partial charge in [-0.15, -0.1) is 0 Å². The van der Waals surface area contributed by atoms with Gasteiger partial charge in [-0.25, -0.2) is 0 Å². The van der Waals surface area contributed by atoms with Gasteiger partial charge in [-0.2, -0.15) is 0 Å². The predicted molar refractivity (Wildman–Crippen MR) is 90.3 cm³/mol. The minimum atomic E-state index is -0.562. The third-order valence-corrected chi connectivity index (χ3v) is 5.06. The van der Waals surface area contributed by atoms with Gasteiger partial charge in [-0.05, 0) is 41.3 Å². The second-order valence-corrected chi connectivity index (χ2v) is 7.00. The third kappa shape index (κ3) is 3.39. The number of benzene rings is 2. The molecule has 0 amide bonds. The maximum Gasteiger partial charge on any atom is 0.0855 e. The first-order valence-electron chi connectivity index (χ1n) is 6.97. The van der Waals surface area contributed by atoms with Crippen LogP contribution in [-0.2, 0) is 11.2 Å². The zero-order valence-corrected chi connectivity index (χ0v) is 14.6. The topological polar surface area (TPSA) is 29.5 Å². The van der Waals surface area contributed by atoms with Gasteiger partial charge in [0.2, 0.25) is 0 Å². The van der Waals surface area contributed by atoms with Crippen molar-refractivity contribution in [3.05, 3.63) is 68.1 Å². The fraction of sp³-hybridized carbons (Fsp3) is 0.294. The Hall–Kier alpha value is -0.680. The minimum Gasteiger partial charge on any atom is -0.388 e. The van der Waals surface area contributed by atoms with E-state index in [9.17, 15) is 5.11 Å². The lowest BCUT2D eigenvalue weighted by molar-refractivity contribution is 0.00360. The highest BCUT2D eigenvalue weighted by atomic mass is 79.9. The van der Waals surface area contributed by atoms with Crippen molar-refractivity contribution in [3.8, 4) is 0 Å². The van der Waals surface area contributed by atoms with E-state index < -0.39 is 6.10 Å². The molecular weight excluding hydrogens is 396 g/mol. The van der Waals surface area contributed by atoms with Crippen molar-refractivity contribution in [2.24, 2.45) is 0 Å². The molecule has 4 heteroatoms. The van der Waals surface area contributed by atoms with E-state index in [1.807, 2.05) is 24.3 Å². The smallest absolute Gasteiger partial charge is 0.0855 e. The number of fused-ring (bicyclic) bond motifs is 1. The van der Waals surface area contributed by atoms with Gasteiger partial charge in [0.25, 0.3) is 0 Å². The summed E-state index contributed by atoms with van der Waals surface area (Å²) in [5, 5.41) is 10.6. The van der Waals surface area contributed by atoms with Crippen molar-refractivity contribution < 1.29 is 9.84 Å². The molecule has 0 saturated heterocycles. The molecule has 21 heavy (non-hydrogen) atoms. The molecule has 0 saturated carbocycles. The summed E-state index contributed by atoms with van der Waals surface area (Å²) in [6, 6.07) is 14.2. The Morgan fingerprint density at radius 2 is 2.00 bits per heavy atom. The van der Waals surface area contributed by atoms with Crippen LogP contribution >= 0.6 is 31.9 Å². The molecule has 3 rings (SSSR count). The largest absolute Gasteiger partial charge is 0.388 e. The number of ether oxygens (including phenoxy) is 1. The molecule has 1 aliphatic rings. The van der Waals surface area contributed by atoms with Crippen LogP contribution < -0.4 is 0 Å². The molecule has 110 valence electrons. The molecular formula is C17H16Br2O2. The first kappa shape index (κ1) is 15.2. The van der Waals surface area contributed by atoms with Gasteiger partial charge in [0, 0.05) is 15.4 Å². The normalized spacial score (nSPS) is 19.1. The molecule has 1 heterocycles. The van der Waals surface area contributed by atoms with Gasteiger partial charge >= 0.3 is 0 Å². The molecule has 0 aliphatic carbocycles. The van der Waals surface area contributed by atoms with Crippen molar-refractivity contribution in [2.45, 2.75) is 25.0 Å². The maximum absolute atomic E-state index is 10.6. The molecule has 0 aromatic heterocycles. The summed E-state index contributed by atoms with van der Waals surface area (Å²) < 4.78 is 7.76. The van der Waals surface area contributed by atoms with Gasteiger partial charge in [0.15, 0.2) is 0 Å². The molecule has 1 aliphatic heterocycles. The number of rotatable bonds is 3. The van der Waals surface area contributed by atoms with Gasteiger partial charge in [0.1, 0.15) is 0 Å². The fourth-order valence-corrected chi connectivity index (χ4v) is 3.66. The molecule has 1 N–H and O–H groups in total. The van der Waals surface area contributed by atoms with Crippen molar-refractivity contribution in [3.63, 3.8) is 0 Å². The number of aliphatic hydroxyl groups is 1. The Morgan fingerprint density at radius 1 is 1.19 bits per heavy atom. The van der Waals surface area contributed by atoms with Crippen LogP contribution in [0.3, 0.4) is 0 Å². The monoisotopic (exact) mass is 410 g/mol. The predicted octanol–water partition coefficient (Wildman–Crippen LogP) is 4.95. The van der Waals surface area contributed by atoms with E-state index in [1.54, 1.807) is 0 Å². The number of hydrogen-bond acceptors (Lipinski definition) is 2. The van der Waals surface area contributed by atoms with E-state index in [0.29, 0.717) is 13.0 Å². The van der Waals surface area contributed by atoms with E-state index in [4.69, 9.17) is 4.74 Å². The maximum atomic E-state index is 10.6. The zero-order chi connectivity index (χ0) is 14.8. The van der Waals surface area contributed by atoms with Crippen molar-refractivity contribution >= 4 is 31.9 Å². The summed E-state index contributed by atoms with van der Waals surface area (Å²) in [5.41, 5.74) is 3.42. The molecule has 2 unspecified atom stereocenters. The van der Waals surface area contributed by atoms with Gasteiger partial charge in [-0.3, -0.25) is 0 Å². The third-order valence-electron chi connectivity index (χ3n) is 3.85. The molecule has 0 radical (unpaired) electrons. The Morgan fingerprint density at radius 3 is 2.86 bits per heavy atom. The minimum absolute atomic E-state index is 0.0455. The number of halogens is 2. The Balaban J connectivity index is 1.82. The van der Waals surface area contributed by atoms with E-state index in [2.05, 4.69) is 50.1 Å². The molecule has 2 aromatic carbocycles. The van der Waals surface area contributed by atoms with Crippen LogP contribution in [0.25, 0.3) is 0 Å². The standard InChI is InChI=1S/C17H16Br2O2/c18-12-5-6-15(19)14(9-12)16(20)10-17-13-4-2-1-3-11(13)7-8-21-17/h1-6,9,16-17,20H,7-8,10H2. The van der Waals surface area contributed by atoms with E-state index >= 15 is 0 Å². The van der Waals surface area contributed by atoms with Crippen molar-refractivity contribution in [1.82, 2.24) is 0 Å². The molecule has 2 aromatic rings. The first-order valence-corrected chi connectivity index (χ1v) is 8.56. The summed E-state index contributed by atoms with van der Waals surface area (Å²) in [5.74, 6) is 0. The summed E-state index contributed by atoms with van der Waals surface area (Å²) in [4.78, 5) is 0. The first-order chi connectivity index (χ1) is 10.1. The Bertz CT molecular complexity index is 642. The molecule has 0 fully saturated rings. The lowest BCUT2D eigenvalue weighted by atomic mass is 9.92. The quantitative estimate of drug-likeness (QED) is 0.774. The van der Waals surface area contributed by atoms with E-state index in [0.717, 1.165) is 20.9 Å². The number of hydrogen-bond donors (Lipinski definition) is 1. The zero-order valence-electron chi connectivity index (χ0n) is 11.4. The SMILES string of the molecule is OC(CC1OCCc2ccccc21)c1cc(Br)ccc1Br. The average molecular weight is 412 g/mol. The second kappa shape index (κ2) is 6.61. The lowest BCUT2D eigenvalue weighted by Crippen LogP contribution is -2.18. The van der Waals surface area contributed by atoms with Crippen LogP contribution in [0.1, 0.15) is 35.3 Å². The summed E-state index contributed by atoms with van der Waals surface area (Å²) in [6.07, 6.45) is 0.902. The highest BCUT2D eigenvalue weighted by molar-refractivity contribution is 9.11. The number of aliphatic hydroxyl groups excluding tert-OH is 1. The molecule has 2 nitrogen and oxygen atoms in total. The van der Waals surface area contributed by atoms with Crippen LogP contribution in [0, 0.1) is 0 Å². The van der Waals surface area contributed by atoms with Crippen LogP contribution in [0.2, 0.25) is 0 Å². The Kier molecular flexibility index (Phi) is 4.79. The summed E-state index contributed by atoms with van der Waals surface area (Å²) >= 11 is 6.96. The van der Waals surface area contributed by atoms with Crippen molar-refractivity contribution in [2.75, 3.05) is 6.61 Å². The average Bonchev–Trinajstić information content (AvgIpc) is 2.50. The molecule has 0 spiro atoms. The fourth-order valence-electron chi connectivity index (χ4n) is 2.77. The van der Waals surface area contributed by atoms with Gasteiger partial charge < -0.3 is 9.84 Å². The van der Waals surface area contributed by atoms with Gasteiger partial charge in [-0.1, -0.05) is 56.1 Å². The van der Waals surface area contributed by atoms with Crippen LogP contribution in [-0.4, -0.2) is 11.7 Å². The van der Waals surface area contributed by atoms with Crippen LogP contribution in [0.4, 0.5) is 0 Å². The highest BCUT2D eigenvalue weighted by Crippen LogP contribution is 2.36.